The molecule has 1 aromatic carbocycles. The Balaban J connectivity index is 2.11. The molecule has 3 nitrogen and oxygen atoms in total. The minimum Gasteiger partial charge on any atom is -0.360 e. The van der Waals surface area contributed by atoms with Gasteiger partial charge >= 0.3 is 0 Å². The average Bonchev–Trinajstić information content (AvgIpc) is 2.84. The number of nitrogens with zero attached hydrogens (tertiary/aromatic N) is 1. The Hall–Kier alpha value is -1.32. The number of halogens is 1. The van der Waals surface area contributed by atoms with Crippen LogP contribution in [0.2, 0.25) is 5.02 Å². The zero-order chi connectivity index (χ0) is 11.1. The summed E-state index contributed by atoms with van der Waals surface area (Å²) in [5, 5.41) is 4.81. The SMILES string of the molecule is NC1CCc2onc(-c3ccc(Cl)cc3)c21. The fourth-order valence-corrected chi connectivity index (χ4v) is 2.27. The lowest BCUT2D eigenvalue weighted by molar-refractivity contribution is 0.388. The Morgan fingerprint density at radius 3 is 2.81 bits per heavy atom. The number of nitrogens with two attached hydrogens (primary N) is 1. The molecule has 1 aliphatic carbocycles. The second-order valence-electron chi connectivity index (χ2n) is 4.02. The number of hydrogen-bond acceptors (Lipinski definition) is 3. The van der Waals surface area contributed by atoms with Gasteiger partial charge < -0.3 is 10.3 Å². The van der Waals surface area contributed by atoms with E-state index in [0.29, 0.717) is 5.02 Å². The van der Waals surface area contributed by atoms with Crippen LogP contribution in [0.5, 0.6) is 0 Å². The van der Waals surface area contributed by atoms with Crippen molar-refractivity contribution >= 4 is 11.6 Å². The Bertz CT molecular complexity index is 518. The molecule has 2 N–H and O–H groups in total. The van der Waals surface area contributed by atoms with Crippen LogP contribution >= 0.6 is 11.6 Å². The first kappa shape index (κ1) is 9.87. The van der Waals surface area contributed by atoms with Gasteiger partial charge in [-0.25, -0.2) is 0 Å². The van der Waals surface area contributed by atoms with Gasteiger partial charge in [0.05, 0.1) is 0 Å². The summed E-state index contributed by atoms with van der Waals surface area (Å²) < 4.78 is 5.30. The highest BCUT2D eigenvalue weighted by Gasteiger charge is 2.28. The van der Waals surface area contributed by atoms with Gasteiger partial charge in [-0.05, 0) is 18.6 Å². The molecule has 0 saturated carbocycles. The number of aromatic nitrogens is 1. The van der Waals surface area contributed by atoms with Crippen LogP contribution in [0.15, 0.2) is 28.8 Å². The predicted octanol–water partition coefficient (Wildman–Crippen LogP) is 2.94. The van der Waals surface area contributed by atoms with Gasteiger partial charge in [0.25, 0.3) is 0 Å². The van der Waals surface area contributed by atoms with Crippen molar-refractivity contribution in [1.29, 1.82) is 0 Å². The third kappa shape index (κ3) is 1.44. The predicted molar refractivity (Wildman–Crippen MR) is 62.2 cm³/mol. The van der Waals surface area contributed by atoms with E-state index in [1.807, 2.05) is 24.3 Å². The maximum atomic E-state index is 6.03. The van der Waals surface area contributed by atoms with Crippen LogP contribution in [0, 0.1) is 0 Å². The maximum Gasteiger partial charge on any atom is 0.142 e. The topological polar surface area (TPSA) is 52.0 Å². The molecule has 1 heterocycles. The molecule has 1 atom stereocenters. The fourth-order valence-electron chi connectivity index (χ4n) is 2.14. The van der Waals surface area contributed by atoms with Gasteiger partial charge in [-0.1, -0.05) is 28.9 Å². The van der Waals surface area contributed by atoms with Crippen molar-refractivity contribution in [3.8, 4) is 11.3 Å². The first-order valence-corrected chi connectivity index (χ1v) is 5.63. The standard InChI is InChI=1S/C12H11ClN2O/c13-8-3-1-7(2-4-8)12-11-9(14)5-6-10(11)16-15-12/h1-4,9H,5-6,14H2. The van der Waals surface area contributed by atoms with Crippen molar-refractivity contribution in [2.24, 2.45) is 5.73 Å². The van der Waals surface area contributed by atoms with Gasteiger partial charge in [0.1, 0.15) is 11.5 Å². The van der Waals surface area contributed by atoms with E-state index in [2.05, 4.69) is 5.16 Å². The molecule has 0 spiro atoms. The van der Waals surface area contributed by atoms with E-state index >= 15 is 0 Å². The molecule has 0 aliphatic heterocycles. The Morgan fingerprint density at radius 1 is 1.31 bits per heavy atom. The van der Waals surface area contributed by atoms with Crippen LogP contribution in [0.25, 0.3) is 11.3 Å². The van der Waals surface area contributed by atoms with Gasteiger partial charge in [-0.3, -0.25) is 0 Å². The summed E-state index contributed by atoms with van der Waals surface area (Å²) in [6.07, 6.45) is 1.83. The van der Waals surface area contributed by atoms with E-state index in [0.717, 1.165) is 35.4 Å². The lowest BCUT2D eigenvalue weighted by Crippen LogP contribution is -2.06. The van der Waals surface area contributed by atoms with Crippen molar-refractivity contribution in [3.63, 3.8) is 0 Å². The van der Waals surface area contributed by atoms with E-state index in [4.69, 9.17) is 21.9 Å². The summed E-state index contributed by atoms with van der Waals surface area (Å²) in [5.41, 5.74) is 8.95. The molecule has 0 saturated heterocycles. The van der Waals surface area contributed by atoms with Gasteiger partial charge in [-0.15, -0.1) is 0 Å². The summed E-state index contributed by atoms with van der Waals surface area (Å²) in [5.74, 6) is 0.928. The van der Waals surface area contributed by atoms with Crippen LogP contribution < -0.4 is 5.73 Å². The Labute approximate surface area is 98.2 Å². The molecular formula is C12H11ClN2O. The Kier molecular flexibility index (Phi) is 2.23. The molecule has 16 heavy (non-hydrogen) atoms. The van der Waals surface area contributed by atoms with Crippen molar-refractivity contribution in [2.45, 2.75) is 18.9 Å². The van der Waals surface area contributed by atoms with Crippen molar-refractivity contribution in [3.05, 3.63) is 40.6 Å². The third-order valence-electron chi connectivity index (χ3n) is 2.97. The highest BCUT2D eigenvalue weighted by atomic mass is 35.5. The molecule has 0 radical (unpaired) electrons. The van der Waals surface area contributed by atoms with Crippen LogP contribution in [-0.2, 0) is 6.42 Å². The summed E-state index contributed by atoms with van der Waals surface area (Å²) in [6.45, 7) is 0. The number of rotatable bonds is 1. The molecule has 1 aromatic heterocycles. The number of aryl methyl sites for hydroxylation is 1. The summed E-state index contributed by atoms with van der Waals surface area (Å²) in [6, 6.07) is 7.61. The summed E-state index contributed by atoms with van der Waals surface area (Å²) in [7, 11) is 0. The zero-order valence-corrected chi connectivity index (χ0v) is 9.37. The molecule has 1 unspecified atom stereocenters. The van der Waals surface area contributed by atoms with Crippen molar-refractivity contribution < 1.29 is 4.52 Å². The van der Waals surface area contributed by atoms with Crippen LogP contribution in [-0.4, -0.2) is 5.16 Å². The fraction of sp³-hybridized carbons (Fsp3) is 0.250. The molecular weight excluding hydrogens is 224 g/mol. The lowest BCUT2D eigenvalue weighted by atomic mass is 10.0. The molecule has 2 aromatic rings. The zero-order valence-electron chi connectivity index (χ0n) is 8.61. The lowest BCUT2D eigenvalue weighted by Gasteiger charge is -2.04. The highest BCUT2D eigenvalue weighted by molar-refractivity contribution is 6.30. The van der Waals surface area contributed by atoms with E-state index in [-0.39, 0.29) is 6.04 Å². The largest absolute Gasteiger partial charge is 0.360 e. The number of benzene rings is 1. The van der Waals surface area contributed by atoms with Gasteiger partial charge in [0.2, 0.25) is 0 Å². The monoisotopic (exact) mass is 234 g/mol. The van der Waals surface area contributed by atoms with Crippen molar-refractivity contribution in [2.75, 3.05) is 0 Å². The van der Waals surface area contributed by atoms with Crippen LogP contribution in [0.1, 0.15) is 23.8 Å². The van der Waals surface area contributed by atoms with E-state index in [1.165, 1.54) is 0 Å². The molecule has 0 amide bonds. The van der Waals surface area contributed by atoms with E-state index in [9.17, 15) is 0 Å². The van der Waals surface area contributed by atoms with Gasteiger partial charge in [-0.2, -0.15) is 0 Å². The first-order valence-electron chi connectivity index (χ1n) is 5.25. The molecule has 82 valence electrons. The smallest absolute Gasteiger partial charge is 0.142 e. The maximum absolute atomic E-state index is 6.03. The second-order valence-corrected chi connectivity index (χ2v) is 4.46. The number of hydrogen-bond donors (Lipinski definition) is 1. The molecule has 3 rings (SSSR count). The van der Waals surface area contributed by atoms with Gasteiger partial charge in [0.15, 0.2) is 0 Å². The summed E-state index contributed by atoms with van der Waals surface area (Å²) >= 11 is 5.85. The van der Waals surface area contributed by atoms with Crippen molar-refractivity contribution in [1.82, 2.24) is 5.16 Å². The molecule has 1 aliphatic rings. The quantitative estimate of drug-likeness (QED) is 0.826. The molecule has 0 fully saturated rings. The molecule has 0 bridgehead atoms. The van der Waals surface area contributed by atoms with E-state index in [1.54, 1.807) is 0 Å². The summed E-state index contributed by atoms with van der Waals surface area (Å²) in [4.78, 5) is 0. The molecule has 4 heteroatoms. The average molecular weight is 235 g/mol. The van der Waals surface area contributed by atoms with Crippen LogP contribution in [0.3, 0.4) is 0 Å². The second kappa shape index (κ2) is 3.61. The minimum atomic E-state index is 0.0481. The Morgan fingerprint density at radius 2 is 2.06 bits per heavy atom. The minimum absolute atomic E-state index is 0.0481. The highest BCUT2D eigenvalue weighted by Crippen LogP contribution is 2.37. The number of fused-ring (bicyclic) bond motifs is 1. The van der Waals surface area contributed by atoms with Crippen LogP contribution in [0.4, 0.5) is 0 Å². The third-order valence-corrected chi connectivity index (χ3v) is 3.23. The first-order chi connectivity index (χ1) is 7.75. The van der Waals surface area contributed by atoms with Gasteiger partial charge in [0, 0.05) is 28.6 Å². The normalized spacial score (nSPS) is 18.8. The van der Waals surface area contributed by atoms with E-state index < -0.39 is 0 Å².